The number of hydrogen-bond donors (Lipinski definition) is 0. The molecule has 1 heterocycles. The molecule has 2 aromatic carbocycles. The Bertz CT molecular complexity index is 764. The summed E-state index contributed by atoms with van der Waals surface area (Å²) in [5.41, 5.74) is 2.03. The summed E-state index contributed by atoms with van der Waals surface area (Å²) in [5.74, 6) is 2.48. The molecule has 0 atom stereocenters. The van der Waals surface area contributed by atoms with Crippen molar-refractivity contribution in [3.63, 3.8) is 0 Å². The molecule has 3 rings (SSSR count). The number of rotatable bonds is 7. The molecule has 0 spiro atoms. The largest absolute Gasteiger partial charge is 0.497 e. The highest BCUT2D eigenvalue weighted by molar-refractivity contribution is 7.99. The van der Waals surface area contributed by atoms with E-state index < -0.39 is 0 Å². The second-order valence-electron chi connectivity index (χ2n) is 4.98. The Balaban J connectivity index is 1.51. The van der Waals surface area contributed by atoms with Gasteiger partial charge in [-0.05, 0) is 30.3 Å². The zero-order valence-corrected chi connectivity index (χ0v) is 14.2. The fourth-order valence-corrected chi connectivity index (χ4v) is 2.86. The molecule has 122 valence electrons. The molecule has 0 amide bonds. The number of hydrogen-bond acceptors (Lipinski definition) is 5. The van der Waals surface area contributed by atoms with E-state index in [1.54, 1.807) is 25.2 Å². The summed E-state index contributed by atoms with van der Waals surface area (Å²) >= 11 is 1.66. The lowest BCUT2D eigenvalue weighted by molar-refractivity contribution is 0.342. The molecular formula is C19H18N2O2S. The standard InChI is InChI=1S/C19H18N2O2S/c1-22-16-7-9-17(10-8-16)23-11-12-24-19-13-18(20-14-21-19)15-5-3-2-4-6-15/h2-10,13-14H,11-12H2,1H3. The average molecular weight is 338 g/mol. The first kappa shape index (κ1) is 16.3. The van der Waals surface area contributed by atoms with Crippen LogP contribution in [0.2, 0.25) is 0 Å². The quantitative estimate of drug-likeness (QED) is 0.365. The molecule has 3 aromatic rings. The van der Waals surface area contributed by atoms with E-state index in [9.17, 15) is 0 Å². The highest BCUT2D eigenvalue weighted by Crippen LogP contribution is 2.22. The van der Waals surface area contributed by atoms with Gasteiger partial charge in [-0.1, -0.05) is 30.3 Å². The first-order valence-corrected chi connectivity index (χ1v) is 8.61. The van der Waals surface area contributed by atoms with Gasteiger partial charge in [-0.25, -0.2) is 9.97 Å². The molecule has 0 aliphatic carbocycles. The Morgan fingerprint density at radius 3 is 2.42 bits per heavy atom. The van der Waals surface area contributed by atoms with Crippen molar-refractivity contribution >= 4 is 11.8 Å². The van der Waals surface area contributed by atoms with Crippen molar-refractivity contribution in [2.75, 3.05) is 19.5 Å². The molecule has 5 heteroatoms. The van der Waals surface area contributed by atoms with Crippen LogP contribution in [0.25, 0.3) is 11.3 Å². The maximum Gasteiger partial charge on any atom is 0.119 e. The molecule has 0 aliphatic rings. The Morgan fingerprint density at radius 1 is 0.917 bits per heavy atom. The minimum Gasteiger partial charge on any atom is -0.497 e. The molecular weight excluding hydrogens is 320 g/mol. The zero-order valence-electron chi connectivity index (χ0n) is 13.4. The Kier molecular flexibility index (Phi) is 5.69. The monoisotopic (exact) mass is 338 g/mol. The fraction of sp³-hybridized carbons (Fsp3) is 0.158. The number of methoxy groups -OCH3 is 1. The van der Waals surface area contributed by atoms with Crippen molar-refractivity contribution in [3.8, 4) is 22.8 Å². The smallest absolute Gasteiger partial charge is 0.119 e. The summed E-state index contributed by atoms with van der Waals surface area (Å²) in [6.07, 6.45) is 1.61. The number of benzene rings is 2. The normalized spacial score (nSPS) is 10.4. The lowest BCUT2D eigenvalue weighted by Gasteiger charge is -2.07. The van der Waals surface area contributed by atoms with Gasteiger partial charge < -0.3 is 9.47 Å². The van der Waals surface area contributed by atoms with Crippen molar-refractivity contribution in [1.29, 1.82) is 0 Å². The third-order valence-corrected chi connectivity index (χ3v) is 4.26. The first-order valence-electron chi connectivity index (χ1n) is 7.62. The highest BCUT2D eigenvalue weighted by Gasteiger charge is 2.02. The number of thioether (sulfide) groups is 1. The predicted molar refractivity (Wildman–Crippen MR) is 96.7 cm³/mol. The summed E-state index contributed by atoms with van der Waals surface area (Å²) in [5, 5.41) is 0.946. The zero-order chi connectivity index (χ0) is 16.6. The van der Waals surface area contributed by atoms with Crippen LogP contribution in [-0.2, 0) is 0 Å². The van der Waals surface area contributed by atoms with Crippen molar-refractivity contribution in [1.82, 2.24) is 9.97 Å². The molecule has 0 saturated heterocycles. The van der Waals surface area contributed by atoms with Gasteiger partial charge in [0.1, 0.15) is 22.9 Å². The van der Waals surface area contributed by atoms with Crippen molar-refractivity contribution in [2.45, 2.75) is 5.03 Å². The van der Waals surface area contributed by atoms with E-state index in [0.717, 1.165) is 33.5 Å². The van der Waals surface area contributed by atoms with Crippen molar-refractivity contribution < 1.29 is 9.47 Å². The second kappa shape index (κ2) is 8.36. The minimum absolute atomic E-state index is 0.613. The summed E-state index contributed by atoms with van der Waals surface area (Å²) in [6.45, 7) is 0.613. The third-order valence-electron chi connectivity index (χ3n) is 3.37. The van der Waals surface area contributed by atoms with Gasteiger partial charge in [-0.15, -0.1) is 11.8 Å². The molecule has 0 fully saturated rings. The molecule has 1 aromatic heterocycles. The molecule has 0 bridgehead atoms. The molecule has 4 nitrogen and oxygen atoms in total. The number of nitrogens with zero attached hydrogens (tertiary/aromatic N) is 2. The van der Waals surface area contributed by atoms with Gasteiger partial charge in [0.05, 0.1) is 19.4 Å². The van der Waals surface area contributed by atoms with Crippen LogP contribution in [0.4, 0.5) is 0 Å². The van der Waals surface area contributed by atoms with E-state index in [4.69, 9.17) is 9.47 Å². The Hall–Kier alpha value is -2.53. The van der Waals surface area contributed by atoms with E-state index >= 15 is 0 Å². The Morgan fingerprint density at radius 2 is 1.67 bits per heavy atom. The van der Waals surface area contributed by atoms with Crippen LogP contribution in [-0.4, -0.2) is 29.4 Å². The SMILES string of the molecule is COc1ccc(OCCSc2cc(-c3ccccc3)ncn2)cc1. The van der Waals surface area contributed by atoms with Crippen LogP contribution in [0, 0.1) is 0 Å². The van der Waals surface area contributed by atoms with E-state index in [1.807, 2.05) is 60.7 Å². The Labute approximate surface area is 145 Å². The lowest BCUT2D eigenvalue weighted by atomic mass is 10.1. The summed E-state index contributed by atoms with van der Waals surface area (Å²) in [4.78, 5) is 8.65. The maximum atomic E-state index is 5.72. The van der Waals surface area contributed by atoms with E-state index in [0.29, 0.717) is 6.61 Å². The fourth-order valence-electron chi connectivity index (χ4n) is 2.16. The van der Waals surface area contributed by atoms with Gasteiger partial charge in [0.2, 0.25) is 0 Å². The van der Waals surface area contributed by atoms with E-state index in [-0.39, 0.29) is 0 Å². The molecule has 0 saturated carbocycles. The van der Waals surface area contributed by atoms with Crippen LogP contribution in [0.1, 0.15) is 0 Å². The van der Waals surface area contributed by atoms with Crippen LogP contribution < -0.4 is 9.47 Å². The van der Waals surface area contributed by atoms with Crippen LogP contribution in [0.5, 0.6) is 11.5 Å². The molecule has 0 N–H and O–H groups in total. The minimum atomic E-state index is 0.613. The second-order valence-corrected chi connectivity index (χ2v) is 6.10. The van der Waals surface area contributed by atoms with Gasteiger partial charge in [0, 0.05) is 11.3 Å². The van der Waals surface area contributed by atoms with Crippen molar-refractivity contribution in [3.05, 3.63) is 67.0 Å². The summed E-state index contributed by atoms with van der Waals surface area (Å²) in [6, 6.07) is 19.7. The maximum absolute atomic E-state index is 5.72. The van der Waals surface area contributed by atoms with Gasteiger partial charge in [-0.2, -0.15) is 0 Å². The summed E-state index contributed by atoms with van der Waals surface area (Å²) < 4.78 is 10.8. The van der Waals surface area contributed by atoms with Crippen LogP contribution >= 0.6 is 11.8 Å². The van der Waals surface area contributed by atoms with E-state index in [1.165, 1.54) is 0 Å². The number of ether oxygens (including phenoxy) is 2. The topological polar surface area (TPSA) is 44.2 Å². The third kappa shape index (κ3) is 4.49. The van der Waals surface area contributed by atoms with Crippen LogP contribution in [0.15, 0.2) is 72.0 Å². The molecule has 0 aliphatic heterocycles. The van der Waals surface area contributed by atoms with Crippen LogP contribution in [0.3, 0.4) is 0 Å². The first-order chi connectivity index (χ1) is 11.8. The number of aromatic nitrogens is 2. The van der Waals surface area contributed by atoms with Gasteiger partial charge in [0.25, 0.3) is 0 Å². The summed E-state index contributed by atoms with van der Waals surface area (Å²) in [7, 11) is 1.65. The lowest BCUT2D eigenvalue weighted by Crippen LogP contribution is -2.00. The van der Waals surface area contributed by atoms with Gasteiger partial charge in [0.15, 0.2) is 0 Å². The van der Waals surface area contributed by atoms with Crippen molar-refractivity contribution in [2.24, 2.45) is 0 Å². The molecule has 0 radical (unpaired) electrons. The average Bonchev–Trinajstić information content (AvgIpc) is 2.67. The van der Waals surface area contributed by atoms with E-state index in [2.05, 4.69) is 9.97 Å². The molecule has 24 heavy (non-hydrogen) atoms. The van der Waals surface area contributed by atoms with Gasteiger partial charge in [-0.3, -0.25) is 0 Å². The predicted octanol–water partition coefficient (Wildman–Crippen LogP) is 4.32. The highest BCUT2D eigenvalue weighted by atomic mass is 32.2. The van der Waals surface area contributed by atoms with Gasteiger partial charge >= 0.3 is 0 Å². The molecule has 0 unspecified atom stereocenters.